The van der Waals surface area contributed by atoms with Gasteiger partial charge in [0.05, 0.1) is 18.0 Å². The molecule has 1 saturated heterocycles. The summed E-state index contributed by atoms with van der Waals surface area (Å²) in [6, 6.07) is 7.55. The molecule has 0 atom stereocenters. The van der Waals surface area contributed by atoms with Crippen LogP contribution in [0.4, 0.5) is 0 Å². The number of amides is 1. The number of aromatic nitrogens is 4. The Bertz CT molecular complexity index is 652. The third-order valence-corrected chi connectivity index (χ3v) is 4.52. The first-order valence-corrected chi connectivity index (χ1v) is 8.68. The Balaban J connectivity index is 1.65. The lowest BCUT2D eigenvalue weighted by atomic mass is 10.3. The molecule has 0 aliphatic carbocycles. The van der Waals surface area contributed by atoms with Gasteiger partial charge in [-0.3, -0.25) is 4.79 Å². The Morgan fingerprint density at radius 1 is 1.26 bits per heavy atom. The van der Waals surface area contributed by atoms with Crippen molar-refractivity contribution in [1.29, 1.82) is 0 Å². The number of ether oxygens (including phenoxy) is 1. The van der Waals surface area contributed by atoms with Gasteiger partial charge in [-0.1, -0.05) is 11.8 Å². The van der Waals surface area contributed by atoms with E-state index in [4.69, 9.17) is 4.74 Å². The highest BCUT2D eigenvalue weighted by atomic mass is 32.2. The topological polar surface area (TPSA) is 73.1 Å². The van der Waals surface area contributed by atoms with Crippen molar-refractivity contribution >= 4 is 17.7 Å². The van der Waals surface area contributed by atoms with Gasteiger partial charge in [-0.2, -0.15) is 4.68 Å². The van der Waals surface area contributed by atoms with E-state index in [0.717, 1.165) is 37.4 Å². The Labute approximate surface area is 139 Å². The van der Waals surface area contributed by atoms with Gasteiger partial charge in [0.2, 0.25) is 11.1 Å². The monoisotopic (exact) mass is 333 g/mol. The van der Waals surface area contributed by atoms with Crippen LogP contribution in [0, 0.1) is 0 Å². The molecule has 1 aromatic carbocycles. The van der Waals surface area contributed by atoms with Crippen LogP contribution in [0.2, 0.25) is 0 Å². The fourth-order valence-electron chi connectivity index (χ4n) is 2.47. The van der Waals surface area contributed by atoms with Gasteiger partial charge in [0.1, 0.15) is 5.75 Å². The van der Waals surface area contributed by atoms with E-state index < -0.39 is 0 Å². The Kier molecular flexibility index (Phi) is 5.12. The van der Waals surface area contributed by atoms with Gasteiger partial charge in [0, 0.05) is 13.1 Å². The van der Waals surface area contributed by atoms with Crippen LogP contribution in [0.25, 0.3) is 5.69 Å². The summed E-state index contributed by atoms with van der Waals surface area (Å²) < 4.78 is 7.06. The molecular formula is C15H19N5O2S. The molecule has 0 radical (unpaired) electrons. The molecule has 122 valence electrons. The lowest BCUT2D eigenvalue weighted by Crippen LogP contribution is -2.29. The highest BCUT2D eigenvalue weighted by molar-refractivity contribution is 7.99. The van der Waals surface area contributed by atoms with Crippen LogP contribution < -0.4 is 4.74 Å². The molecule has 1 fully saturated rings. The SMILES string of the molecule is CCOc1ccc(-n2nnnc2SCC(=O)N2CCCC2)cc1. The smallest absolute Gasteiger partial charge is 0.233 e. The molecule has 1 aliphatic rings. The number of hydrogen-bond acceptors (Lipinski definition) is 6. The van der Waals surface area contributed by atoms with Crippen LogP contribution in [-0.2, 0) is 4.79 Å². The van der Waals surface area contributed by atoms with Crippen LogP contribution in [-0.4, -0.2) is 56.5 Å². The van der Waals surface area contributed by atoms with E-state index in [1.807, 2.05) is 36.1 Å². The quantitative estimate of drug-likeness (QED) is 0.750. The Morgan fingerprint density at radius 3 is 2.70 bits per heavy atom. The first-order valence-electron chi connectivity index (χ1n) is 7.70. The summed E-state index contributed by atoms with van der Waals surface area (Å²) in [5.74, 6) is 1.31. The summed E-state index contributed by atoms with van der Waals surface area (Å²) in [5, 5.41) is 12.4. The first kappa shape index (κ1) is 15.8. The number of hydrogen-bond donors (Lipinski definition) is 0. The molecule has 2 aromatic rings. The summed E-state index contributed by atoms with van der Waals surface area (Å²) in [4.78, 5) is 14.0. The van der Waals surface area contributed by atoms with Crippen molar-refractivity contribution in [3.05, 3.63) is 24.3 Å². The molecule has 1 aromatic heterocycles. The highest BCUT2D eigenvalue weighted by Gasteiger charge is 2.19. The van der Waals surface area contributed by atoms with E-state index in [-0.39, 0.29) is 5.91 Å². The van der Waals surface area contributed by atoms with Crippen LogP contribution in [0.5, 0.6) is 5.75 Å². The van der Waals surface area contributed by atoms with Crippen molar-refractivity contribution < 1.29 is 9.53 Å². The van der Waals surface area contributed by atoms with E-state index >= 15 is 0 Å². The largest absolute Gasteiger partial charge is 0.494 e. The maximum absolute atomic E-state index is 12.1. The third-order valence-electron chi connectivity index (χ3n) is 3.62. The number of thioether (sulfide) groups is 1. The minimum atomic E-state index is 0.147. The van der Waals surface area contributed by atoms with Gasteiger partial charge in [-0.15, -0.1) is 5.10 Å². The average Bonchev–Trinajstić information content (AvgIpc) is 3.25. The number of nitrogens with zero attached hydrogens (tertiary/aromatic N) is 5. The molecule has 7 nitrogen and oxygen atoms in total. The Morgan fingerprint density at radius 2 is 2.00 bits per heavy atom. The molecule has 3 rings (SSSR count). The molecule has 0 saturated carbocycles. The molecule has 0 N–H and O–H groups in total. The maximum atomic E-state index is 12.1. The van der Waals surface area contributed by atoms with E-state index in [1.165, 1.54) is 11.8 Å². The van der Waals surface area contributed by atoms with E-state index in [1.54, 1.807) is 4.68 Å². The normalized spacial score (nSPS) is 14.2. The molecule has 0 spiro atoms. The van der Waals surface area contributed by atoms with Gasteiger partial charge in [-0.05, 0) is 54.5 Å². The summed E-state index contributed by atoms with van der Waals surface area (Å²) in [6.45, 7) is 4.30. The van der Waals surface area contributed by atoms with E-state index in [2.05, 4.69) is 15.5 Å². The van der Waals surface area contributed by atoms with Gasteiger partial charge in [-0.25, -0.2) is 0 Å². The Hall–Kier alpha value is -2.09. The van der Waals surface area contributed by atoms with Crippen LogP contribution in [0.1, 0.15) is 19.8 Å². The second-order valence-electron chi connectivity index (χ2n) is 5.18. The van der Waals surface area contributed by atoms with Crippen LogP contribution in [0.15, 0.2) is 29.4 Å². The highest BCUT2D eigenvalue weighted by Crippen LogP contribution is 2.21. The fraction of sp³-hybridized carbons (Fsp3) is 0.467. The number of carbonyl (C=O) groups is 1. The van der Waals surface area contributed by atoms with Crippen molar-refractivity contribution in [2.75, 3.05) is 25.4 Å². The number of carbonyl (C=O) groups excluding carboxylic acids is 1. The number of benzene rings is 1. The van der Waals surface area contributed by atoms with Gasteiger partial charge >= 0.3 is 0 Å². The maximum Gasteiger partial charge on any atom is 0.233 e. The standard InChI is InChI=1S/C15H19N5O2S/c1-2-22-13-7-5-12(6-8-13)20-15(16-17-18-20)23-11-14(21)19-9-3-4-10-19/h5-8H,2-4,9-11H2,1H3. The average molecular weight is 333 g/mol. The summed E-state index contributed by atoms with van der Waals surface area (Å²) in [5.41, 5.74) is 0.842. The predicted molar refractivity (Wildman–Crippen MR) is 86.9 cm³/mol. The fourth-order valence-corrected chi connectivity index (χ4v) is 3.26. The van der Waals surface area contributed by atoms with E-state index in [9.17, 15) is 4.79 Å². The molecule has 0 bridgehead atoms. The van der Waals surface area contributed by atoms with E-state index in [0.29, 0.717) is 17.5 Å². The zero-order valence-corrected chi connectivity index (χ0v) is 13.8. The van der Waals surface area contributed by atoms with Crippen molar-refractivity contribution in [2.24, 2.45) is 0 Å². The van der Waals surface area contributed by atoms with Crippen LogP contribution >= 0.6 is 11.8 Å². The molecule has 23 heavy (non-hydrogen) atoms. The summed E-state index contributed by atoms with van der Waals surface area (Å²) in [7, 11) is 0. The van der Waals surface area contributed by atoms with Crippen molar-refractivity contribution in [2.45, 2.75) is 24.9 Å². The molecule has 0 unspecified atom stereocenters. The van der Waals surface area contributed by atoms with Crippen molar-refractivity contribution in [3.8, 4) is 11.4 Å². The van der Waals surface area contributed by atoms with Gasteiger partial charge in [0.25, 0.3) is 0 Å². The summed E-state index contributed by atoms with van der Waals surface area (Å²) in [6.07, 6.45) is 2.20. The zero-order valence-electron chi connectivity index (χ0n) is 13.0. The molecule has 1 aliphatic heterocycles. The third kappa shape index (κ3) is 3.82. The first-order chi connectivity index (χ1) is 11.3. The molecule has 2 heterocycles. The lowest BCUT2D eigenvalue weighted by molar-refractivity contribution is -0.127. The van der Waals surface area contributed by atoms with Crippen molar-refractivity contribution in [1.82, 2.24) is 25.1 Å². The summed E-state index contributed by atoms with van der Waals surface area (Å²) >= 11 is 1.36. The molecule has 8 heteroatoms. The number of tetrazole rings is 1. The van der Waals surface area contributed by atoms with Crippen molar-refractivity contribution in [3.63, 3.8) is 0 Å². The zero-order chi connectivity index (χ0) is 16.1. The second-order valence-corrected chi connectivity index (χ2v) is 6.12. The minimum Gasteiger partial charge on any atom is -0.494 e. The predicted octanol–water partition coefficient (Wildman–Crippen LogP) is 1.78. The van der Waals surface area contributed by atoms with Gasteiger partial charge in [0.15, 0.2) is 0 Å². The molecule has 1 amide bonds. The second kappa shape index (κ2) is 7.45. The van der Waals surface area contributed by atoms with Gasteiger partial charge < -0.3 is 9.64 Å². The lowest BCUT2D eigenvalue weighted by Gasteiger charge is -2.14. The number of likely N-dealkylation sites (tertiary alicyclic amines) is 1. The number of rotatable bonds is 6. The molecular weight excluding hydrogens is 314 g/mol. The minimum absolute atomic E-state index is 0.147. The van der Waals surface area contributed by atoms with Crippen LogP contribution in [0.3, 0.4) is 0 Å².